The maximum atomic E-state index is 12.9. The number of anilines is 1. The van der Waals surface area contributed by atoms with E-state index >= 15 is 0 Å². The van der Waals surface area contributed by atoms with Gasteiger partial charge in [0, 0.05) is 12.1 Å². The summed E-state index contributed by atoms with van der Waals surface area (Å²) in [6.45, 7) is 0.325. The van der Waals surface area contributed by atoms with Crippen molar-refractivity contribution in [3.8, 4) is 0 Å². The van der Waals surface area contributed by atoms with Gasteiger partial charge in [-0.05, 0) is 54.3 Å². The number of carbonyl (C=O) groups excluding carboxylic acids is 3. The number of nitrogens with two attached hydrogens (primary N) is 2. The number of hydrogen-bond donors (Lipinski definition) is 5. The van der Waals surface area contributed by atoms with Crippen molar-refractivity contribution in [2.75, 3.05) is 11.9 Å². The van der Waals surface area contributed by atoms with Crippen LogP contribution in [0.5, 0.6) is 0 Å². The normalized spacial score (nSPS) is 11.3. The molecule has 0 aromatic heterocycles. The van der Waals surface area contributed by atoms with Gasteiger partial charge in [-0.2, -0.15) is 0 Å². The average Bonchev–Trinajstić information content (AvgIpc) is 2.87. The number of Topliss-reactive ketones (excluding diaryl/α,β-unsaturated/α-hetero) is 1. The van der Waals surface area contributed by atoms with Gasteiger partial charge in [0.05, 0.1) is 11.3 Å². The number of nitrogens with zero attached hydrogens (tertiary/aromatic N) is 1. The Balaban J connectivity index is 1.68. The number of aliphatic imine (C=N–C) groups is 1. The van der Waals surface area contributed by atoms with Crippen LogP contribution >= 0.6 is 0 Å². The average molecular weight is 490 g/mol. The van der Waals surface area contributed by atoms with Crippen molar-refractivity contribution in [2.45, 2.75) is 25.3 Å². The van der Waals surface area contributed by atoms with E-state index in [2.05, 4.69) is 15.6 Å². The lowest BCUT2D eigenvalue weighted by molar-refractivity contribution is -0.141. The van der Waals surface area contributed by atoms with Crippen molar-refractivity contribution < 1.29 is 24.3 Å². The van der Waals surface area contributed by atoms with Crippen LogP contribution in [0.15, 0.2) is 71.7 Å². The first-order valence-corrected chi connectivity index (χ1v) is 11.3. The van der Waals surface area contributed by atoms with Gasteiger partial charge in [-0.15, -0.1) is 0 Å². The molecule has 0 aliphatic carbocycles. The predicted octanol–water partition coefficient (Wildman–Crippen LogP) is 2.29. The van der Waals surface area contributed by atoms with Gasteiger partial charge in [0.15, 0.2) is 5.96 Å². The number of para-hydroxylation sites is 1. The van der Waals surface area contributed by atoms with Gasteiger partial charge in [0.2, 0.25) is 0 Å². The molecule has 0 bridgehead atoms. The highest BCUT2D eigenvalue weighted by atomic mass is 16.4. The van der Waals surface area contributed by atoms with E-state index in [4.69, 9.17) is 11.5 Å². The molecule has 1 atom stereocenters. The molecular formula is C26H27N5O5. The van der Waals surface area contributed by atoms with Crippen molar-refractivity contribution in [3.63, 3.8) is 0 Å². The first kappa shape index (κ1) is 25.9. The number of hydrogen-bond acceptors (Lipinski definition) is 5. The van der Waals surface area contributed by atoms with Crippen LogP contribution in [0, 0.1) is 0 Å². The SMILES string of the molecule is NC(N)=NCCCC[C@H](NC(=O)C(=O)c1ccccc1NC(=O)c1ccc2ccccc2c1)C(=O)O. The zero-order valence-corrected chi connectivity index (χ0v) is 19.4. The smallest absolute Gasteiger partial charge is 0.326 e. The molecule has 36 heavy (non-hydrogen) atoms. The molecule has 186 valence electrons. The Morgan fingerprint density at radius 1 is 0.889 bits per heavy atom. The first-order valence-electron chi connectivity index (χ1n) is 11.3. The van der Waals surface area contributed by atoms with Crippen LogP contribution in [0.1, 0.15) is 40.0 Å². The number of carbonyl (C=O) groups is 4. The molecule has 0 aliphatic heterocycles. The molecule has 3 rings (SSSR count). The zero-order valence-electron chi connectivity index (χ0n) is 19.4. The Morgan fingerprint density at radius 3 is 2.31 bits per heavy atom. The predicted molar refractivity (Wildman–Crippen MR) is 137 cm³/mol. The van der Waals surface area contributed by atoms with E-state index < -0.39 is 29.6 Å². The zero-order chi connectivity index (χ0) is 26.1. The molecule has 0 saturated carbocycles. The number of unbranched alkanes of at least 4 members (excludes halogenated alkanes) is 1. The number of fused-ring (bicyclic) bond motifs is 1. The number of ketones is 1. The Morgan fingerprint density at radius 2 is 1.58 bits per heavy atom. The van der Waals surface area contributed by atoms with E-state index in [0.717, 1.165) is 10.8 Å². The fraction of sp³-hybridized carbons (Fsp3) is 0.192. The van der Waals surface area contributed by atoms with Crippen LogP contribution in [0.2, 0.25) is 0 Å². The summed E-state index contributed by atoms with van der Waals surface area (Å²) in [4.78, 5) is 53.7. The Hall–Kier alpha value is -4.73. The molecule has 0 unspecified atom stereocenters. The van der Waals surface area contributed by atoms with Crippen LogP contribution < -0.4 is 22.1 Å². The van der Waals surface area contributed by atoms with Crippen LogP contribution in [-0.2, 0) is 9.59 Å². The number of rotatable bonds is 11. The van der Waals surface area contributed by atoms with Crippen LogP contribution in [0.25, 0.3) is 10.8 Å². The molecule has 2 amide bonds. The van der Waals surface area contributed by atoms with Gasteiger partial charge in [0.25, 0.3) is 17.6 Å². The van der Waals surface area contributed by atoms with E-state index in [0.29, 0.717) is 24.9 Å². The summed E-state index contributed by atoms with van der Waals surface area (Å²) in [6, 6.07) is 17.6. The summed E-state index contributed by atoms with van der Waals surface area (Å²) in [5, 5.41) is 16.2. The van der Waals surface area contributed by atoms with Crippen molar-refractivity contribution in [2.24, 2.45) is 16.5 Å². The molecule has 0 spiro atoms. The second-order valence-corrected chi connectivity index (χ2v) is 8.06. The summed E-state index contributed by atoms with van der Waals surface area (Å²) in [6.07, 6.45) is 1.02. The third kappa shape index (κ3) is 6.89. The minimum atomic E-state index is -1.27. The summed E-state index contributed by atoms with van der Waals surface area (Å²) in [5.41, 5.74) is 11.0. The maximum Gasteiger partial charge on any atom is 0.326 e. The van der Waals surface area contributed by atoms with E-state index in [1.807, 2.05) is 30.3 Å². The molecule has 10 heteroatoms. The third-order valence-electron chi connectivity index (χ3n) is 5.44. The van der Waals surface area contributed by atoms with Crippen molar-refractivity contribution in [1.82, 2.24) is 5.32 Å². The second kappa shape index (κ2) is 12.1. The summed E-state index contributed by atoms with van der Waals surface area (Å²) in [7, 11) is 0. The fourth-order valence-electron chi connectivity index (χ4n) is 3.59. The molecule has 0 saturated heterocycles. The highest BCUT2D eigenvalue weighted by Crippen LogP contribution is 2.20. The van der Waals surface area contributed by atoms with E-state index in [1.165, 1.54) is 12.1 Å². The van der Waals surface area contributed by atoms with Gasteiger partial charge in [0.1, 0.15) is 6.04 Å². The molecule has 0 aliphatic rings. The number of carboxylic acids is 1. The molecule has 7 N–H and O–H groups in total. The quantitative estimate of drug-likeness (QED) is 0.0901. The Kier molecular flexibility index (Phi) is 8.71. The van der Waals surface area contributed by atoms with Crippen LogP contribution in [-0.4, -0.2) is 47.2 Å². The van der Waals surface area contributed by atoms with Crippen LogP contribution in [0.3, 0.4) is 0 Å². The number of guanidine groups is 1. The number of amides is 2. The topological polar surface area (TPSA) is 177 Å². The van der Waals surface area contributed by atoms with Crippen LogP contribution in [0.4, 0.5) is 5.69 Å². The lowest BCUT2D eigenvalue weighted by atomic mass is 10.0. The molecule has 3 aromatic rings. The van der Waals surface area contributed by atoms with Gasteiger partial charge < -0.3 is 27.2 Å². The molecular weight excluding hydrogens is 462 g/mol. The number of nitrogens with one attached hydrogen (secondary N) is 2. The standard InChI is InChI=1S/C26H27N5O5/c27-26(28)29-14-6-5-11-21(25(35)36)31-24(34)22(32)19-9-3-4-10-20(19)30-23(33)18-13-12-16-7-1-2-8-17(16)15-18/h1-4,7-10,12-13,15,21H,5-6,11,14H2,(H,30,33)(H,31,34)(H,35,36)(H4,27,28,29)/t21-/m0/s1. The van der Waals surface area contributed by atoms with Crippen molar-refractivity contribution in [1.29, 1.82) is 0 Å². The van der Waals surface area contributed by atoms with E-state index in [-0.39, 0.29) is 23.6 Å². The van der Waals surface area contributed by atoms with E-state index in [9.17, 15) is 24.3 Å². The number of carboxylic acid groups (broad SMARTS) is 1. The lowest BCUT2D eigenvalue weighted by Gasteiger charge is -2.15. The fourth-order valence-corrected chi connectivity index (χ4v) is 3.59. The van der Waals surface area contributed by atoms with Gasteiger partial charge >= 0.3 is 5.97 Å². The molecule has 0 radical (unpaired) electrons. The number of aliphatic carboxylic acids is 1. The summed E-state index contributed by atoms with van der Waals surface area (Å²) < 4.78 is 0. The lowest BCUT2D eigenvalue weighted by Crippen LogP contribution is -2.44. The van der Waals surface area contributed by atoms with Gasteiger partial charge in [-0.1, -0.05) is 42.5 Å². The van der Waals surface area contributed by atoms with Crippen molar-refractivity contribution in [3.05, 3.63) is 77.9 Å². The minimum absolute atomic E-state index is 0.0546. The summed E-state index contributed by atoms with van der Waals surface area (Å²) >= 11 is 0. The second-order valence-electron chi connectivity index (χ2n) is 8.06. The minimum Gasteiger partial charge on any atom is -0.480 e. The van der Waals surface area contributed by atoms with Gasteiger partial charge in [-0.3, -0.25) is 19.4 Å². The molecule has 10 nitrogen and oxygen atoms in total. The monoisotopic (exact) mass is 489 g/mol. The highest BCUT2D eigenvalue weighted by molar-refractivity contribution is 6.44. The highest BCUT2D eigenvalue weighted by Gasteiger charge is 2.26. The summed E-state index contributed by atoms with van der Waals surface area (Å²) in [5.74, 6) is -3.83. The molecule has 3 aromatic carbocycles. The van der Waals surface area contributed by atoms with Crippen molar-refractivity contribution >= 4 is 46.0 Å². The first-order chi connectivity index (χ1) is 17.3. The number of benzene rings is 3. The maximum absolute atomic E-state index is 12.9. The molecule has 0 fully saturated rings. The Labute approximate surface area is 207 Å². The van der Waals surface area contributed by atoms with Gasteiger partial charge in [-0.25, -0.2) is 4.79 Å². The third-order valence-corrected chi connectivity index (χ3v) is 5.44. The van der Waals surface area contributed by atoms with E-state index in [1.54, 1.807) is 24.3 Å². The molecule has 0 heterocycles. The Bertz CT molecular complexity index is 1320. The largest absolute Gasteiger partial charge is 0.480 e.